The average molecular weight is 485 g/mol. The molecule has 0 radical (unpaired) electrons. The van der Waals surface area contributed by atoms with Crippen LogP contribution in [-0.4, -0.2) is 30.4 Å². The molecule has 0 aromatic heterocycles. The van der Waals surface area contributed by atoms with Gasteiger partial charge in [-0.15, -0.1) is 0 Å². The number of para-hydroxylation sites is 1. The van der Waals surface area contributed by atoms with E-state index in [4.69, 9.17) is 9.47 Å². The molecule has 6 nitrogen and oxygen atoms in total. The SMILES string of the molecule is CCC(Oc1ccccc1)C(=O)Nc1cccc(C(=O)/C=C2\NC(C)(C)Cc3ccc(OC)cc32)c1. The molecule has 3 aromatic carbocycles. The maximum atomic E-state index is 13.3. The van der Waals surface area contributed by atoms with Crippen molar-refractivity contribution in [3.63, 3.8) is 0 Å². The first-order valence-corrected chi connectivity index (χ1v) is 12.1. The number of allylic oxidation sites excluding steroid dienone is 1. The van der Waals surface area contributed by atoms with Gasteiger partial charge in [-0.3, -0.25) is 9.59 Å². The number of benzene rings is 3. The van der Waals surface area contributed by atoms with Crippen LogP contribution in [0.1, 0.15) is 48.7 Å². The van der Waals surface area contributed by atoms with E-state index in [1.807, 2.05) is 55.5 Å². The fourth-order valence-electron chi connectivity index (χ4n) is 4.33. The van der Waals surface area contributed by atoms with Crippen molar-refractivity contribution >= 4 is 23.1 Å². The molecule has 0 saturated heterocycles. The Morgan fingerprint density at radius 3 is 2.53 bits per heavy atom. The molecule has 0 spiro atoms. The molecule has 1 unspecified atom stereocenters. The summed E-state index contributed by atoms with van der Waals surface area (Å²) in [7, 11) is 1.63. The normalized spacial score (nSPS) is 15.8. The first-order chi connectivity index (χ1) is 17.3. The van der Waals surface area contributed by atoms with Crippen LogP contribution in [-0.2, 0) is 11.2 Å². The van der Waals surface area contributed by atoms with Crippen molar-refractivity contribution in [3.8, 4) is 11.5 Å². The number of hydrogen-bond donors (Lipinski definition) is 2. The van der Waals surface area contributed by atoms with E-state index in [2.05, 4.69) is 24.5 Å². The van der Waals surface area contributed by atoms with E-state index < -0.39 is 6.10 Å². The zero-order chi connectivity index (χ0) is 25.7. The van der Waals surface area contributed by atoms with Gasteiger partial charge in [-0.25, -0.2) is 0 Å². The molecule has 0 saturated carbocycles. The summed E-state index contributed by atoms with van der Waals surface area (Å²) in [4.78, 5) is 26.1. The van der Waals surface area contributed by atoms with Gasteiger partial charge in [0.1, 0.15) is 11.5 Å². The number of hydrogen-bond acceptors (Lipinski definition) is 5. The molecule has 1 amide bonds. The van der Waals surface area contributed by atoms with Gasteiger partial charge in [0.05, 0.1) is 7.11 Å². The lowest BCUT2D eigenvalue weighted by Gasteiger charge is -2.35. The van der Waals surface area contributed by atoms with E-state index in [-0.39, 0.29) is 17.2 Å². The Balaban J connectivity index is 1.54. The van der Waals surface area contributed by atoms with Gasteiger partial charge in [0.25, 0.3) is 5.91 Å². The average Bonchev–Trinajstić information content (AvgIpc) is 2.87. The number of anilines is 1. The number of amides is 1. The Morgan fingerprint density at radius 1 is 1.03 bits per heavy atom. The van der Waals surface area contributed by atoms with Crippen molar-refractivity contribution in [1.82, 2.24) is 5.32 Å². The number of rotatable bonds is 8. The van der Waals surface area contributed by atoms with Crippen LogP contribution in [0.5, 0.6) is 11.5 Å². The number of carbonyl (C=O) groups is 2. The summed E-state index contributed by atoms with van der Waals surface area (Å²) in [6.45, 7) is 6.11. The summed E-state index contributed by atoms with van der Waals surface area (Å²) in [6, 6.07) is 22.1. The van der Waals surface area contributed by atoms with E-state index in [0.29, 0.717) is 23.4 Å². The molecule has 0 aliphatic carbocycles. The molecular weight excluding hydrogens is 452 g/mol. The molecule has 36 heavy (non-hydrogen) atoms. The third kappa shape index (κ3) is 5.95. The second-order valence-electron chi connectivity index (χ2n) is 9.53. The highest BCUT2D eigenvalue weighted by atomic mass is 16.5. The summed E-state index contributed by atoms with van der Waals surface area (Å²) < 4.78 is 11.2. The minimum Gasteiger partial charge on any atom is -0.497 e. The van der Waals surface area contributed by atoms with Crippen molar-refractivity contribution in [2.45, 2.75) is 45.3 Å². The monoisotopic (exact) mass is 484 g/mol. The summed E-state index contributed by atoms with van der Waals surface area (Å²) in [5.41, 5.74) is 3.68. The molecular formula is C30H32N2O4. The zero-order valence-corrected chi connectivity index (χ0v) is 21.1. The molecule has 4 rings (SSSR count). The Bertz CT molecular complexity index is 1280. The van der Waals surface area contributed by atoms with Gasteiger partial charge in [0.2, 0.25) is 0 Å². The highest BCUT2D eigenvalue weighted by Crippen LogP contribution is 2.32. The van der Waals surface area contributed by atoms with Crippen LogP contribution < -0.4 is 20.1 Å². The van der Waals surface area contributed by atoms with Crippen LogP contribution >= 0.6 is 0 Å². The maximum Gasteiger partial charge on any atom is 0.265 e. The highest BCUT2D eigenvalue weighted by Gasteiger charge is 2.28. The largest absolute Gasteiger partial charge is 0.497 e. The third-order valence-electron chi connectivity index (χ3n) is 6.09. The Hall–Kier alpha value is -4.06. The lowest BCUT2D eigenvalue weighted by molar-refractivity contribution is -0.122. The van der Waals surface area contributed by atoms with Crippen molar-refractivity contribution < 1.29 is 19.1 Å². The number of fused-ring (bicyclic) bond motifs is 1. The minimum atomic E-state index is -0.644. The molecule has 3 aromatic rings. The van der Waals surface area contributed by atoms with Crippen LogP contribution in [0, 0.1) is 0 Å². The number of ketones is 1. The van der Waals surface area contributed by atoms with E-state index in [1.165, 1.54) is 0 Å². The summed E-state index contributed by atoms with van der Waals surface area (Å²) in [6.07, 6.45) is 2.32. The molecule has 1 aliphatic rings. The van der Waals surface area contributed by atoms with Crippen molar-refractivity contribution in [3.05, 3.63) is 95.6 Å². The first-order valence-electron chi connectivity index (χ1n) is 12.1. The van der Waals surface area contributed by atoms with Gasteiger partial charge >= 0.3 is 0 Å². The van der Waals surface area contributed by atoms with Crippen molar-refractivity contribution in [2.24, 2.45) is 0 Å². The van der Waals surface area contributed by atoms with Crippen LogP contribution in [0.15, 0.2) is 78.9 Å². The molecule has 1 aliphatic heterocycles. The molecule has 6 heteroatoms. The van der Waals surface area contributed by atoms with Crippen molar-refractivity contribution in [1.29, 1.82) is 0 Å². The molecule has 186 valence electrons. The van der Waals surface area contributed by atoms with E-state index in [1.54, 1.807) is 37.5 Å². The van der Waals surface area contributed by atoms with Crippen LogP contribution in [0.2, 0.25) is 0 Å². The summed E-state index contributed by atoms with van der Waals surface area (Å²) in [5, 5.41) is 6.38. The van der Waals surface area contributed by atoms with Crippen LogP contribution in [0.3, 0.4) is 0 Å². The molecule has 0 fully saturated rings. The second-order valence-corrected chi connectivity index (χ2v) is 9.53. The summed E-state index contributed by atoms with van der Waals surface area (Å²) >= 11 is 0. The summed E-state index contributed by atoms with van der Waals surface area (Å²) in [5.74, 6) is 0.949. The molecule has 0 bridgehead atoms. The van der Waals surface area contributed by atoms with Gasteiger partial charge in [-0.1, -0.05) is 43.3 Å². The Morgan fingerprint density at radius 2 is 1.81 bits per heavy atom. The predicted molar refractivity (Wildman–Crippen MR) is 142 cm³/mol. The predicted octanol–water partition coefficient (Wildman–Crippen LogP) is 5.64. The third-order valence-corrected chi connectivity index (χ3v) is 6.09. The number of methoxy groups -OCH3 is 1. The number of ether oxygens (including phenoxy) is 2. The number of nitrogens with one attached hydrogen (secondary N) is 2. The first kappa shape index (κ1) is 25.0. The minimum absolute atomic E-state index is 0.160. The maximum absolute atomic E-state index is 13.3. The van der Waals surface area contributed by atoms with Gasteiger partial charge in [-0.05, 0) is 68.7 Å². The van der Waals surface area contributed by atoms with Crippen LogP contribution in [0.25, 0.3) is 5.70 Å². The topological polar surface area (TPSA) is 76.7 Å². The number of carbonyl (C=O) groups excluding carboxylic acids is 2. The molecule has 1 atom stereocenters. The Kier molecular flexibility index (Phi) is 7.44. The zero-order valence-electron chi connectivity index (χ0n) is 21.1. The highest BCUT2D eigenvalue weighted by molar-refractivity contribution is 6.09. The standard InChI is InChI=1S/C30H32N2O4/c1-5-28(36-23-12-7-6-8-13-23)29(34)31-22-11-9-10-20(16-22)27(33)18-26-25-17-24(35-4)15-14-21(25)19-30(2,3)32-26/h6-18,28,32H,5,19H2,1-4H3,(H,31,34)/b26-18-. The molecule has 2 N–H and O–H groups in total. The lowest BCUT2D eigenvalue weighted by Crippen LogP contribution is -2.43. The van der Waals surface area contributed by atoms with Gasteiger partial charge in [0, 0.05) is 34.1 Å². The lowest BCUT2D eigenvalue weighted by atomic mass is 9.85. The fourth-order valence-corrected chi connectivity index (χ4v) is 4.33. The fraction of sp³-hybridized carbons (Fsp3) is 0.267. The van der Waals surface area contributed by atoms with Gasteiger partial charge in [0.15, 0.2) is 11.9 Å². The molecule has 1 heterocycles. The van der Waals surface area contributed by atoms with Crippen LogP contribution in [0.4, 0.5) is 5.69 Å². The van der Waals surface area contributed by atoms with E-state index in [0.717, 1.165) is 29.0 Å². The van der Waals surface area contributed by atoms with E-state index >= 15 is 0 Å². The second kappa shape index (κ2) is 10.7. The van der Waals surface area contributed by atoms with Crippen molar-refractivity contribution in [2.75, 3.05) is 12.4 Å². The van der Waals surface area contributed by atoms with Gasteiger partial charge < -0.3 is 20.1 Å². The van der Waals surface area contributed by atoms with Gasteiger partial charge in [-0.2, -0.15) is 0 Å². The van der Waals surface area contributed by atoms with E-state index in [9.17, 15) is 9.59 Å². The Labute approximate surface area is 212 Å². The smallest absolute Gasteiger partial charge is 0.265 e. The quantitative estimate of drug-likeness (QED) is 0.320.